The molecule has 2 aromatic rings. The molecule has 1 heterocycles. The van der Waals surface area contributed by atoms with Gasteiger partial charge in [-0.25, -0.2) is 9.37 Å². The van der Waals surface area contributed by atoms with Crippen LogP contribution in [0.3, 0.4) is 0 Å². The fourth-order valence-corrected chi connectivity index (χ4v) is 2.41. The van der Waals surface area contributed by atoms with Gasteiger partial charge >= 0.3 is 0 Å². The van der Waals surface area contributed by atoms with Gasteiger partial charge in [-0.15, -0.1) is 0 Å². The molecule has 21 heavy (non-hydrogen) atoms. The van der Waals surface area contributed by atoms with Crippen LogP contribution in [-0.2, 0) is 0 Å². The van der Waals surface area contributed by atoms with E-state index >= 15 is 0 Å². The van der Waals surface area contributed by atoms with Crippen LogP contribution in [0.25, 0.3) is 0 Å². The second-order valence-corrected chi connectivity index (χ2v) is 5.26. The summed E-state index contributed by atoms with van der Waals surface area (Å²) in [6, 6.07) is 5.78. The van der Waals surface area contributed by atoms with Crippen LogP contribution >= 0.6 is 23.2 Å². The van der Waals surface area contributed by atoms with E-state index in [2.05, 4.69) is 10.3 Å². The molecule has 0 fully saturated rings. The van der Waals surface area contributed by atoms with Gasteiger partial charge in [-0.05, 0) is 30.7 Å². The minimum Gasteiger partial charge on any atom is -0.381 e. The Morgan fingerprint density at radius 1 is 1.38 bits per heavy atom. The number of pyridine rings is 1. The number of halogens is 3. The largest absolute Gasteiger partial charge is 0.381 e. The first kappa shape index (κ1) is 15.5. The third-order valence-corrected chi connectivity index (χ3v) is 3.50. The quantitative estimate of drug-likeness (QED) is 0.904. The fraction of sp³-hybridized carbons (Fsp3) is 0.143. The second kappa shape index (κ2) is 6.28. The molecule has 110 valence electrons. The van der Waals surface area contributed by atoms with Crippen molar-refractivity contribution < 1.29 is 9.18 Å². The average molecular weight is 328 g/mol. The number of aromatic nitrogens is 1. The first-order valence-corrected chi connectivity index (χ1v) is 6.81. The lowest BCUT2D eigenvalue weighted by Gasteiger charge is -2.16. The van der Waals surface area contributed by atoms with Crippen molar-refractivity contribution in [3.05, 3.63) is 57.5 Å². The molecule has 0 radical (unpaired) electrons. The van der Waals surface area contributed by atoms with Gasteiger partial charge in [0.15, 0.2) is 11.6 Å². The van der Waals surface area contributed by atoms with Gasteiger partial charge in [0.25, 0.3) is 5.91 Å². The van der Waals surface area contributed by atoms with Crippen LogP contribution in [-0.4, -0.2) is 10.9 Å². The number of amides is 1. The summed E-state index contributed by atoms with van der Waals surface area (Å²) in [6.45, 7) is 1.73. The van der Waals surface area contributed by atoms with Crippen molar-refractivity contribution in [2.24, 2.45) is 0 Å². The second-order valence-electron chi connectivity index (χ2n) is 4.42. The highest BCUT2D eigenvalue weighted by atomic mass is 35.5. The number of benzene rings is 1. The number of carbonyl (C=O) groups is 1. The van der Waals surface area contributed by atoms with Crippen molar-refractivity contribution >= 4 is 34.9 Å². The van der Waals surface area contributed by atoms with Crippen molar-refractivity contribution in [3.8, 4) is 0 Å². The molecule has 1 amide bonds. The van der Waals surface area contributed by atoms with Crippen LogP contribution in [0, 0.1) is 5.82 Å². The summed E-state index contributed by atoms with van der Waals surface area (Å²) in [4.78, 5) is 15.6. The zero-order chi connectivity index (χ0) is 15.6. The molecule has 1 aromatic heterocycles. The van der Waals surface area contributed by atoms with Gasteiger partial charge in [0.1, 0.15) is 0 Å². The molecule has 1 atom stereocenters. The van der Waals surface area contributed by atoms with E-state index in [4.69, 9.17) is 28.9 Å². The minimum absolute atomic E-state index is 0.167. The zero-order valence-electron chi connectivity index (χ0n) is 11.0. The van der Waals surface area contributed by atoms with Crippen LogP contribution in [0.5, 0.6) is 0 Å². The Morgan fingerprint density at radius 2 is 2.10 bits per heavy atom. The van der Waals surface area contributed by atoms with Gasteiger partial charge in [-0.1, -0.05) is 29.3 Å². The SMILES string of the molecule is CC(NC(=O)c1ccnc(N)c1F)c1ccc(Cl)cc1Cl. The first-order valence-electron chi connectivity index (χ1n) is 6.06. The molecule has 4 nitrogen and oxygen atoms in total. The maximum atomic E-state index is 13.7. The number of nitrogens with one attached hydrogen (secondary N) is 1. The van der Waals surface area contributed by atoms with Gasteiger partial charge in [-0.2, -0.15) is 0 Å². The summed E-state index contributed by atoms with van der Waals surface area (Å²) in [7, 11) is 0. The Labute approximate surface area is 131 Å². The lowest BCUT2D eigenvalue weighted by Crippen LogP contribution is -2.28. The Bertz CT molecular complexity index is 694. The van der Waals surface area contributed by atoms with Gasteiger partial charge in [-0.3, -0.25) is 4.79 Å². The van der Waals surface area contributed by atoms with Crippen molar-refractivity contribution in [3.63, 3.8) is 0 Å². The fourth-order valence-electron chi connectivity index (χ4n) is 1.84. The van der Waals surface area contributed by atoms with E-state index in [0.29, 0.717) is 15.6 Å². The normalized spacial score (nSPS) is 12.0. The standard InChI is InChI=1S/C14H12Cl2FN3O/c1-7(9-3-2-8(15)6-11(9)16)20-14(21)10-4-5-19-13(18)12(10)17/h2-7H,1H3,(H2,18,19)(H,20,21). The van der Waals surface area contributed by atoms with Crippen LogP contribution in [0.1, 0.15) is 28.9 Å². The van der Waals surface area contributed by atoms with E-state index in [1.54, 1.807) is 25.1 Å². The summed E-state index contributed by atoms with van der Waals surface area (Å²) in [5.74, 6) is -1.76. The molecule has 0 aliphatic heterocycles. The number of rotatable bonds is 3. The van der Waals surface area contributed by atoms with Crippen molar-refractivity contribution in [1.29, 1.82) is 0 Å². The maximum absolute atomic E-state index is 13.7. The Morgan fingerprint density at radius 3 is 2.76 bits per heavy atom. The minimum atomic E-state index is -0.843. The summed E-state index contributed by atoms with van der Waals surface area (Å²) < 4.78 is 13.7. The van der Waals surface area contributed by atoms with Gasteiger partial charge in [0.2, 0.25) is 0 Å². The van der Waals surface area contributed by atoms with E-state index < -0.39 is 17.8 Å². The Hall–Kier alpha value is -1.85. The summed E-state index contributed by atoms with van der Waals surface area (Å²) in [5, 5.41) is 3.57. The number of nitrogens with zero attached hydrogens (tertiary/aromatic N) is 1. The lowest BCUT2D eigenvalue weighted by atomic mass is 10.1. The predicted molar refractivity (Wildman–Crippen MR) is 81.0 cm³/mol. The lowest BCUT2D eigenvalue weighted by molar-refractivity contribution is 0.0936. The highest BCUT2D eigenvalue weighted by molar-refractivity contribution is 6.35. The van der Waals surface area contributed by atoms with Gasteiger partial charge < -0.3 is 11.1 Å². The Balaban J connectivity index is 2.21. The molecule has 0 aliphatic rings. The number of anilines is 1. The van der Waals surface area contributed by atoms with Crippen LogP contribution < -0.4 is 11.1 Å². The number of nitrogens with two attached hydrogens (primary N) is 1. The number of hydrogen-bond donors (Lipinski definition) is 2. The molecule has 0 saturated heterocycles. The molecule has 0 bridgehead atoms. The van der Waals surface area contributed by atoms with E-state index in [9.17, 15) is 9.18 Å². The zero-order valence-corrected chi connectivity index (χ0v) is 12.5. The van der Waals surface area contributed by atoms with Crippen molar-refractivity contribution in [1.82, 2.24) is 10.3 Å². The monoisotopic (exact) mass is 327 g/mol. The smallest absolute Gasteiger partial charge is 0.254 e. The molecule has 2 rings (SSSR count). The molecule has 1 aromatic carbocycles. The first-order chi connectivity index (χ1) is 9.90. The van der Waals surface area contributed by atoms with E-state index in [1.165, 1.54) is 12.3 Å². The molecule has 3 N–H and O–H groups in total. The highest BCUT2D eigenvalue weighted by Gasteiger charge is 2.18. The molecule has 0 aliphatic carbocycles. The average Bonchev–Trinajstić information content (AvgIpc) is 2.41. The highest BCUT2D eigenvalue weighted by Crippen LogP contribution is 2.26. The van der Waals surface area contributed by atoms with E-state index in [1.807, 2.05) is 0 Å². The third-order valence-electron chi connectivity index (χ3n) is 2.94. The summed E-state index contributed by atoms with van der Waals surface area (Å²) in [6.07, 6.45) is 1.27. The molecule has 0 saturated carbocycles. The van der Waals surface area contributed by atoms with Gasteiger partial charge in [0, 0.05) is 16.2 Å². The number of nitrogen functional groups attached to an aromatic ring is 1. The van der Waals surface area contributed by atoms with Crippen molar-refractivity contribution in [2.75, 3.05) is 5.73 Å². The van der Waals surface area contributed by atoms with Crippen molar-refractivity contribution in [2.45, 2.75) is 13.0 Å². The van der Waals surface area contributed by atoms with E-state index in [0.717, 1.165) is 0 Å². The molecule has 7 heteroatoms. The molecular formula is C14H12Cl2FN3O. The van der Waals surface area contributed by atoms with Crippen LogP contribution in [0.15, 0.2) is 30.5 Å². The van der Waals surface area contributed by atoms with Gasteiger partial charge in [0.05, 0.1) is 11.6 Å². The van der Waals surface area contributed by atoms with Crippen LogP contribution in [0.2, 0.25) is 10.0 Å². The topological polar surface area (TPSA) is 68.0 Å². The summed E-state index contributed by atoms with van der Waals surface area (Å²) >= 11 is 11.9. The third kappa shape index (κ3) is 3.43. The number of carbonyl (C=O) groups excluding carboxylic acids is 1. The molecular weight excluding hydrogens is 316 g/mol. The molecule has 0 spiro atoms. The maximum Gasteiger partial charge on any atom is 0.254 e. The predicted octanol–water partition coefficient (Wildman–Crippen LogP) is 3.60. The van der Waals surface area contributed by atoms with Crippen LogP contribution in [0.4, 0.5) is 10.2 Å². The van der Waals surface area contributed by atoms with E-state index in [-0.39, 0.29) is 11.4 Å². The Kier molecular flexibility index (Phi) is 4.65. The summed E-state index contributed by atoms with van der Waals surface area (Å²) in [5.41, 5.74) is 5.85. The molecule has 1 unspecified atom stereocenters. The number of hydrogen-bond acceptors (Lipinski definition) is 3.